The molecule has 1 aliphatic heterocycles. The summed E-state index contributed by atoms with van der Waals surface area (Å²) in [6.07, 6.45) is 1.92. The Morgan fingerprint density at radius 3 is 2.66 bits per heavy atom. The average molecular weight is 409 g/mol. The van der Waals surface area contributed by atoms with Crippen LogP contribution in [0, 0.1) is 0 Å². The molecule has 148 valence electrons. The smallest absolute Gasteiger partial charge is 0.253 e. The highest BCUT2D eigenvalue weighted by Gasteiger charge is 2.25. The van der Waals surface area contributed by atoms with Crippen molar-refractivity contribution in [2.45, 2.75) is 13.0 Å². The van der Waals surface area contributed by atoms with Gasteiger partial charge in [-0.05, 0) is 42.0 Å². The van der Waals surface area contributed by atoms with Crippen molar-refractivity contribution in [2.75, 3.05) is 19.6 Å². The van der Waals surface area contributed by atoms with Crippen LogP contribution in [0.3, 0.4) is 0 Å². The van der Waals surface area contributed by atoms with Crippen LogP contribution >= 0.6 is 11.6 Å². The SMILES string of the molecule is O=C1CCN(C(=O)c2cccc(-c3ccco3)c2)CCN1Cc1cccc(Cl)c1. The van der Waals surface area contributed by atoms with Crippen LogP contribution in [0.1, 0.15) is 22.3 Å². The van der Waals surface area contributed by atoms with Crippen molar-refractivity contribution >= 4 is 23.4 Å². The lowest BCUT2D eigenvalue weighted by atomic mass is 10.1. The van der Waals surface area contributed by atoms with Gasteiger partial charge >= 0.3 is 0 Å². The molecule has 2 heterocycles. The number of carbonyl (C=O) groups is 2. The van der Waals surface area contributed by atoms with Gasteiger partial charge in [-0.2, -0.15) is 0 Å². The Morgan fingerprint density at radius 1 is 1.00 bits per heavy atom. The van der Waals surface area contributed by atoms with Gasteiger partial charge in [-0.3, -0.25) is 9.59 Å². The molecular weight excluding hydrogens is 388 g/mol. The third kappa shape index (κ3) is 4.51. The van der Waals surface area contributed by atoms with Crippen LogP contribution in [0.5, 0.6) is 0 Å². The normalized spacial score (nSPS) is 14.7. The second kappa shape index (κ2) is 8.53. The number of amides is 2. The van der Waals surface area contributed by atoms with Gasteiger partial charge in [-0.1, -0.05) is 35.9 Å². The van der Waals surface area contributed by atoms with E-state index in [1.807, 2.05) is 54.6 Å². The first kappa shape index (κ1) is 19.3. The molecule has 0 N–H and O–H groups in total. The van der Waals surface area contributed by atoms with E-state index < -0.39 is 0 Å². The zero-order chi connectivity index (χ0) is 20.2. The van der Waals surface area contributed by atoms with Crippen LogP contribution in [0.4, 0.5) is 0 Å². The highest BCUT2D eigenvalue weighted by atomic mass is 35.5. The van der Waals surface area contributed by atoms with Gasteiger partial charge in [-0.25, -0.2) is 0 Å². The minimum Gasteiger partial charge on any atom is -0.464 e. The molecule has 1 aromatic heterocycles. The van der Waals surface area contributed by atoms with Gasteiger partial charge in [0, 0.05) is 48.7 Å². The van der Waals surface area contributed by atoms with E-state index in [9.17, 15) is 9.59 Å². The van der Waals surface area contributed by atoms with E-state index in [0.29, 0.717) is 43.2 Å². The van der Waals surface area contributed by atoms with Gasteiger partial charge in [0.15, 0.2) is 0 Å². The van der Waals surface area contributed by atoms with Crippen molar-refractivity contribution in [2.24, 2.45) is 0 Å². The lowest BCUT2D eigenvalue weighted by Crippen LogP contribution is -2.35. The Morgan fingerprint density at radius 2 is 1.86 bits per heavy atom. The molecule has 0 aliphatic carbocycles. The average Bonchev–Trinajstić information content (AvgIpc) is 3.21. The summed E-state index contributed by atoms with van der Waals surface area (Å²) in [5.74, 6) is 0.693. The number of hydrogen-bond acceptors (Lipinski definition) is 3. The number of carbonyl (C=O) groups excluding carboxylic acids is 2. The molecule has 5 nitrogen and oxygen atoms in total. The van der Waals surface area contributed by atoms with E-state index in [4.69, 9.17) is 16.0 Å². The van der Waals surface area contributed by atoms with Gasteiger partial charge in [-0.15, -0.1) is 0 Å². The maximum Gasteiger partial charge on any atom is 0.253 e. The van der Waals surface area contributed by atoms with E-state index in [0.717, 1.165) is 16.9 Å². The first-order valence-corrected chi connectivity index (χ1v) is 9.93. The summed E-state index contributed by atoms with van der Waals surface area (Å²) in [5, 5.41) is 0.651. The van der Waals surface area contributed by atoms with E-state index in [-0.39, 0.29) is 11.8 Å². The minimum absolute atomic E-state index is 0.0459. The zero-order valence-corrected chi connectivity index (χ0v) is 16.6. The second-order valence-electron chi connectivity index (χ2n) is 7.05. The molecule has 1 aliphatic rings. The summed E-state index contributed by atoms with van der Waals surface area (Å²) in [6, 6.07) is 18.6. The molecule has 0 spiro atoms. The third-order valence-electron chi connectivity index (χ3n) is 5.05. The van der Waals surface area contributed by atoms with Gasteiger partial charge < -0.3 is 14.2 Å². The standard InChI is InChI=1S/C23H21ClN2O3/c24-20-7-1-4-17(14-20)16-26-12-11-25(10-9-22(26)27)23(28)19-6-2-5-18(15-19)21-8-3-13-29-21/h1-8,13-15H,9-12,16H2. The van der Waals surface area contributed by atoms with Crippen molar-refractivity contribution in [3.63, 3.8) is 0 Å². The first-order chi connectivity index (χ1) is 14.1. The molecule has 29 heavy (non-hydrogen) atoms. The number of benzene rings is 2. The molecule has 1 fully saturated rings. The van der Waals surface area contributed by atoms with Crippen LogP contribution in [0.2, 0.25) is 5.02 Å². The largest absolute Gasteiger partial charge is 0.464 e. The molecule has 0 bridgehead atoms. The van der Waals surface area contributed by atoms with E-state index >= 15 is 0 Å². The Kier molecular flexibility index (Phi) is 5.67. The fourth-order valence-corrected chi connectivity index (χ4v) is 3.74. The summed E-state index contributed by atoms with van der Waals surface area (Å²) >= 11 is 6.05. The summed E-state index contributed by atoms with van der Waals surface area (Å²) in [4.78, 5) is 29.1. The fraction of sp³-hybridized carbons (Fsp3) is 0.217. The zero-order valence-electron chi connectivity index (χ0n) is 15.9. The van der Waals surface area contributed by atoms with Crippen LogP contribution in [-0.2, 0) is 11.3 Å². The number of halogens is 1. The highest BCUT2D eigenvalue weighted by Crippen LogP contribution is 2.22. The maximum atomic E-state index is 13.0. The van der Waals surface area contributed by atoms with Crippen molar-refractivity contribution in [1.29, 1.82) is 0 Å². The van der Waals surface area contributed by atoms with Crippen LogP contribution < -0.4 is 0 Å². The molecular formula is C23H21ClN2O3. The lowest BCUT2D eigenvalue weighted by molar-refractivity contribution is -0.130. The fourth-order valence-electron chi connectivity index (χ4n) is 3.52. The predicted molar refractivity (Wildman–Crippen MR) is 112 cm³/mol. The predicted octanol–water partition coefficient (Wildman–Crippen LogP) is 4.47. The highest BCUT2D eigenvalue weighted by molar-refractivity contribution is 6.30. The third-order valence-corrected chi connectivity index (χ3v) is 5.29. The van der Waals surface area contributed by atoms with Gasteiger partial charge in [0.25, 0.3) is 5.91 Å². The molecule has 0 radical (unpaired) electrons. The van der Waals surface area contributed by atoms with E-state index in [2.05, 4.69) is 0 Å². The summed E-state index contributed by atoms with van der Waals surface area (Å²) in [6.45, 7) is 1.90. The molecule has 4 rings (SSSR count). The van der Waals surface area contributed by atoms with Crippen molar-refractivity contribution in [3.05, 3.63) is 83.1 Å². The topological polar surface area (TPSA) is 53.8 Å². The molecule has 0 unspecified atom stereocenters. The molecule has 2 amide bonds. The molecule has 0 atom stereocenters. The van der Waals surface area contributed by atoms with E-state index in [1.54, 1.807) is 22.1 Å². The summed E-state index contributed by atoms with van der Waals surface area (Å²) in [7, 11) is 0. The Labute approximate surface area is 174 Å². The Balaban J connectivity index is 1.46. The van der Waals surface area contributed by atoms with Crippen LogP contribution in [0.25, 0.3) is 11.3 Å². The molecule has 6 heteroatoms. The van der Waals surface area contributed by atoms with Crippen LogP contribution in [-0.4, -0.2) is 41.2 Å². The summed E-state index contributed by atoms with van der Waals surface area (Å²) in [5.41, 5.74) is 2.43. The van der Waals surface area contributed by atoms with Gasteiger partial charge in [0.2, 0.25) is 5.91 Å². The molecule has 1 saturated heterocycles. The van der Waals surface area contributed by atoms with Crippen LogP contribution in [0.15, 0.2) is 71.3 Å². The summed E-state index contributed by atoms with van der Waals surface area (Å²) < 4.78 is 5.43. The van der Waals surface area contributed by atoms with E-state index in [1.165, 1.54) is 0 Å². The first-order valence-electron chi connectivity index (χ1n) is 9.55. The quantitative estimate of drug-likeness (QED) is 0.639. The molecule has 0 saturated carbocycles. The Bertz CT molecular complexity index is 1020. The number of hydrogen-bond donors (Lipinski definition) is 0. The van der Waals surface area contributed by atoms with Gasteiger partial charge in [0.05, 0.1) is 6.26 Å². The second-order valence-corrected chi connectivity index (χ2v) is 7.48. The monoisotopic (exact) mass is 408 g/mol. The molecule has 3 aromatic rings. The number of nitrogens with zero attached hydrogens (tertiary/aromatic N) is 2. The van der Waals surface area contributed by atoms with Gasteiger partial charge in [0.1, 0.15) is 5.76 Å². The lowest BCUT2D eigenvalue weighted by Gasteiger charge is -2.22. The minimum atomic E-state index is -0.0733. The number of furan rings is 1. The van der Waals surface area contributed by atoms with Crippen molar-refractivity contribution in [1.82, 2.24) is 9.80 Å². The molecule has 2 aromatic carbocycles. The van der Waals surface area contributed by atoms with Crippen molar-refractivity contribution < 1.29 is 14.0 Å². The van der Waals surface area contributed by atoms with Crippen molar-refractivity contribution in [3.8, 4) is 11.3 Å². The number of rotatable bonds is 4. The Hall–Kier alpha value is -3.05. The maximum absolute atomic E-state index is 13.0.